The lowest BCUT2D eigenvalue weighted by molar-refractivity contribution is -0.148. The molecule has 3 heterocycles. The first-order valence-electron chi connectivity index (χ1n) is 11.1. The Morgan fingerprint density at radius 3 is 2.77 bits per heavy atom. The van der Waals surface area contributed by atoms with Crippen molar-refractivity contribution in [3.05, 3.63) is 58.7 Å². The van der Waals surface area contributed by atoms with Gasteiger partial charge in [-0.25, -0.2) is 9.78 Å². The zero-order valence-corrected chi connectivity index (χ0v) is 20.9. The van der Waals surface area contributed by atoms with E-state index in [0.29, 0.717) is 29.0 Å². The Hall–Kier alpha value is -2.98. The first-order valence-corrected chi connectivity index (χ1v) is 11.9. The number of hydrogen-bond acceptors (Lipinski definition) is 8. The van der Waals surface area contributed by atoms with Crippen LogP contribution in [0.4, 0.5) is 0 Å². The third-order valence-electron chi connectivity index (χ3n) is 5.37. The minimum Gasteiger partial charge on any atom is -0.463 e. The van der Waals surface area contributed by atoms with Crippen molar-refractivity contribution in [2.24, 2.45) is 0 Å². The molecule has 0 radical (unpaired) electrons. The van der Waals surface area contributed by atoms with Gasteiger partial charge in [-0.05, 0) is 43.3 Å². The van der Waals surface area contributed by atoms with Crippen molar-refractivity contribution < 1.29 is 18.8 Å². The van der Waals surface area contributed by atoms with Gasteiger partial charge in [0.05, 0.1) is 16.4 Å². The number of methoxy groups -OCH3 is 1. The predicted molar refractivity (Wildman–Crippen MR) is 132 cm³/mol. The second-order valence-electron chi connectivity index (χ2n) is 7.86. The van der Waals surface area contributed by atoms with Gasteiger partial charge in [-0.3, -0.25) is 4.90 Å². The Balaban J connectivity index is 1.73. The van der Waals surface area contributed by atoms with Crippen LogP contribution in [-0.4, -0.2) is 63.8 Å². The van der Waals surface area contributed by atoms with Gasteiger partial charge in [0.1, 0.15) is 18.9 Å². The summed E-state index contributed by atoms with van der Waals surface area (Å²) in [5.41, 5.74) is 3.98. The van der Waals surface area contributed by atoms with Crippen LogP contribution < -0.4 is 0 Å². The zero-order valence-electron chi connectivity index (χ0n) is 19.4. The lowest BCUT2D eigenvalue weighted by Gasteiger charge is -2.22. The smallest absolute Gasteiger partial charge is 0.332 e. The topological polar surface area (TPSA) is 95.0 Å². The second-order valence-corrected chi connectivity index (χ2v) is 8.71. The van der Waals surface area contributed by atoms with Gasteiger partial charge < -0.3 is 18.4 Å². The van der Waals surface area contributed by atoms with Crippen molar-refractivity contribution in [2.45, 2.75) is 19.9 Å². The fraction of sp³-hybridized carbons (Fsp3) is 0.333. The molecule has 3 aromatic heterocycles. The number of rotatable bonds is 11. The van der Waals surface area contributed by atoms with E-state index in [1.807, 2.05) is 28.8 Å². The van der Waals surface area contributed by atoms with Gasteiger partial charge in [-0.2, -0.15) is 4.98 Å². The molecule has 35 heavy (non-hydrogen) atoms. The van der Waals surface area contributed by atoms with Crippen LogP contribution in [0.3, 0.4) is 0 Å². The molecule has 0 fully saturated rings. The summed E-state index contributed by atoms with van der Waals surface area (Å²) < 4.78 is 17.0. The summed E-state index contributed by atoms with van der Waals surface area (Å²) >= 11 is 12.7. The summed E-state index contributed by atoms with van der Waals surface area (Å²) in [6.07, 6.45) is 4.15. The number of carbonyl (C=O) groups is 1. The minimum atomic E-state index is -0.392. The highest BCUT2D eigenvalue weighted by molar-refractivity contribution is 6.36. The van der Waals surface area contributed by atoms with E-state index < -0.39 is 5.97 Å². The number of aromatic nitrogens is 4. The van der Waals surface area contributed by atoms with E-state index >= 15 is 0 Å². The molecule has 0 saturated heterocycles. The average molecular weight is 518 g/mol. The molecule has 9 nitrogen and oxygen atoms in total. The maximum atomic E-state index is 11.7. The van der Waals surface area contributed by atoms with Crippen molar-refractivity contribution in [1.29, 1.82) is 0 Å². The van der Waals surface area contributed by atoms with Gasteiger partial charge in [0.15, 0.2) is 0 Å². The predicted octanol–water partition coefficient (Wildman–Crippen LogP) is 4.76. The molecule has 4 rings (SSSR count). The van der Waals surface area contributed by atoms with Gasteiger partial charge in [0.2, 0.25) is 12.2 Å². The van der Waals surface area contributed by atoms with Crippen LogP contribution in [0.5, 0.6) is 0 Å². The second kappa shape index (κ2) is 11.6. The van der Waals surface area contributed by atoms with Gasteiger partial charge in [0, 0.05) is 42.5 Å². The van der Waals surface area contributed by atoms with Crippen molar-refractivity contribution in [3.8, 4) is 22.6 Å². The normalized spacial score (nSPS) is 11.5. The summed E-state index contributed by atoms with van der Waals surface area (Å²) in [5, 5.41) is 5.01. The molecular formula is C24H25Cl2N5O4. The summed E-state index contributed by atoms with van der Waals surface area (Å²) in [7, 11) is 1.46. The Morgan fingerprint density at radius 1 is 1.20 bits per heavy atom. The molecule has 0 aliphatic heterocycles. The maximum Gasteiger partial charge on any atom is 0.332 e. The number of fused-ring (bicyclic) bond motifs is 1. The Kier molecular flexibility index (Phi) is 8.35. The molecule has 0 amide bonds. The van der Waals surface area contributed by atoms with Crippen LogP contribution >= 0.6 is 23.2 Å². The first kappa shape index (κ1) is 25.1. The average Bonchev–Trinajstić information content (AvgIpc) is 3.48. The van der Waals surface area contributed by atoms with E-state index in [2.05, 4.69) is 22.0 Å². The van der Waals surface area contributed by atoms with Crippen LogP contribution in [-0.2, 0) is 20.8 Å². The van der Waals surface area contributed by atoms with E-state index in [1.165, 1.54) is 13.5 Å². The van der Waals surface area contributed by atoms with Crippen LogP contribution in [0.25, 0.3) is 28.3 Å². The number of nitrogens with zero attached hydrogens (tertiary/aromatic N) is 5. The Morgan fingerprint density at radius 2 is 2.06 bits per heavy atom. The molecule has 1 aromatic carbocycles. The number of pyridine rings is 1. The third-order valence-corrected chi connectivity index (χ3v) is 5.92. The summed E-state index contributed by atoms with van der Waals surface area (Å²) in [5.74, 6) is 0.0882. The number of ether oxygens (including phenoxy) is 2. The molecule has 0 saturated carbocycles. The minimum absolute atomic E-state index is 0.0703. The van der Waals surface area contributed by atoms with Gasteiger partial charge in [-0.1, -0.05) is 35.3 Å². The number of benzene rings is 1. The van der Waals surface area contributed by atoms with Crippen molar-refractivity contribution in [3.63, 3.8) is 0 Å². The lowest BCUT2D eigenvalue weighted by atomic mass is 10.1. The largest absolute Gasteiger partial charge is 0.463 e. The molecule has 184 valence electrons. The number of hydrogen-bond donors (Lipinski definition) is 0. The number of halogens is 2. The quantitative estimate of drug-likeness (QED) is 0.263. The molecule has 0 atom stereocenters. The van der Waals surface area contributed by atoms with Crippen molar-refractivity contribution in [2.75, 3.05) is 33.4 Å². The lowest BCUT2D eigenvalue weighted by Crippen LogP contribution is -2.30. The fourth-order valence-electron chi connectivity index (χ4n) is 3.82. The molecule has 0 aliphatic rings. The number of imidazole rings is 1. The zero-order chi connectivity index (χ0) is 24.8. The van der Waals surface area contributed by atoms with Crippen molar-refractivity contribution >= 4 is 34.8 Å². The van der Waals surface area contributed by atoms with E-state index in [-0.39, 0.29) is 13.2 Å². The highest BCUT2D eigenvalue weighted by Gasteiger charge is 2.20. The van der Waals surface area contributed by atoms with E-state index in [0.717, 1.165) is 41.1 Å². The molecular weight excluding hydrogens is 493 g/mol. The summed E-state index contributed by atoms with van der Waals surface area (Å²) in [6, 6.07) is 9.16. The van der Waals surface area contributed by atoms with E-state index in [1.54, 1.807) is 12.1 Å². The highest BCUT2D eigenvalue weighted by Crippen LogP contribution is 2.34. The molecule has 0 N–H and O–H groups in total. The third kappa shape index (κ3) is 5.99. The Labute approximate surface area is 212 Å². The fourth-order valence-corrected chi connectivity index (χ4v) is 4.32. The van der Waals surface area contributed by atoms with Gasteiger partial charge in [0.25, 0.3) is 0 Å². The van der Waals surface area contributed by atoms with Crippen LogP contribution in [0.2, 0.25) is 10.0 Å². The summed E-state index contributed by atoms with van der Waals surface area (Å²) in [4.78, 5) is 23.0. The van der Waals surface area contributed by atoms with Gasteiger partial charge in [-0.15, -0.1) is 0 Å². The van der Waals surface area contributed by atoms with Crippen LogP contribution in [0, 0.1) is 0 Å². The van der Waals surface area contributed by atoms with Gasteiger partial charge >= 0.3 is 5.97 Å². The maximum absolute atomic E-state index is 11.7. The SMILES string of the molecule is CCCN(CCOC(=O)COC)Cc1c(-c2ccc(Cl)cc2Cl)nc2ccc(-c3ncon3)cn12. The number of carbonyl (C=O) groups excluding carboxylic acids is 1. The highest BCUT2D eigenvalue weighted by atomic mass is 35.5. The molecule has 0 bridgehead atoms. The molecule has 4 aromatic rings. The number of esters is 1. The standard InChI is InChI=1S/C24H25Cl2N5O4/c1-3-8-30(9-10-34-22(32)14-33-2)13-20-23(18-6-5-17(25)11-19(18)26)28-21-7-4-16(12-31(20)21)24-27-15-35-29-24/h4-7,11-12,15H,3,8-10,13-14H2,1-2H3. The van der Waals surface area contributed by atoms with E-state index in [4.69, 9.17) is 42.2 Å². The van der Waals surface area contributed by atoms with Crippen LogP contribution in [0.15, 0.2) is 47.4 Å². The Bertz CT molecular complexity index is 1290. The molecule has 0 spiro atoms. The van der Waals surface area contributed by atoms with E-state index in [9.17, 15) is 4.79 Å². The molecule has 0 aliphatic carbocycles. The van der Waals surface area contributed by atoms with Crippen LogP contribution in [0.1, 0.15) is 19.0 Å². The monoisotopic (exact) mass is 517 g/mol. The molecule has 11 heteroatoms. The summed E-state index contributed by atoms with van der Waals surface area (Å²) in [6.45, 7) is 4.18. The first-order chi connectivity index (χ1) is 17.0. The molecule has 0 unspecified atom stereocenters. The van der Waals surface area contributed by atoms with Crippen molar-refractivity contribution in [1.82, 2.24) is 24.4 Å².